The highest BCUT2D eigenvalue weighted by Gasteiger charge is 2.21. The van der Waals surface area contributed by atoms with E-state index in [1.165, 1.54) is 225 Å². The van der Waals surface area contributed by atoms with Crippen LogP contribution in [0.25, 0.3) is 0 Å². The van der Waals surface area contributed by atoms with E-state index in [0.29, 0.717) is 12.8 Å². The summed E-state index contributed by atoms with van der Waals surface area (Å²) in [5.74, 6) is -0.277. The molecule has 0 aromatic rings. The number of carbonyl (C=O) groups is 1. The van der Waals surface area contributed by atoms with Gasteiger partial charge in [0.1, 0.15) is 0 Å². The average molecular weight is 766 g/mol. The number of rotatable bonds is 46. The van der Waals surface area contributed by atoms with Crippen LogP contribution in [-0.4, -0.2) is 46.1 Å². The molecule has 0 bridgehead atoms. The van der Waals surface area contributed by atoms with Crippen LogP contribution in [0.2, 0.25) is 0 Å². The van der Waals surface area contributed by atoms with Crippen LogP contribution in [0.4, 0.5) is 0 Å². The summed E-state index contributed by atoms with van der Waals surface area (Å²) in [6, 6.07) is -0.652. The second kappa shape index (κ2) is 45.1. The van der Waals surface area contributed by atoms with Crippen molar-refractivity contribution in [3.8, 4) is 0 Å². The number of carbonyl (C=O) groups excluding carboxylic acids is 1. The van der Waals surface area contributed by atoms with Crippen molar-refractivity contribution >= 4 is 5.91 Å². The van der Waals surface area contributed by atoms with Gasteiger partial charge in [0.25, 0.3) is 0 Å². The molecule has 324 valence electrons. The SMILES string of the molecule is CCCCCCCCCCCCCCCCCCCCCCCCCCCCCC(O)CC(=O)NC(CO)C(O)CCCCCCCCCCCCCC. The lowest BCUT2D eigenvalue weighted by molar-refractivity contribution is -0.125. The van der Waals surface area contributed by atoms with Gasteiger partial charge in [-0.3, -0.25) is 4.79 Å². The predicted molar refractivity (Wildman–Crippen MR) is 236 cm³/mol. The van der Waals surface area contributed by atoms with E-state index in [9.17, 15) is 20.1 Å². The molecule has 0 radical (unpaired) electrons. The van der Waals surface area contributed by atoms with E-state index in [0.717, 1.165) is 25.7 Å². The molecule has 0 aromatic carbocycles. The van der Waals surface area contributed by atoms with Crippen molar-refractivity contribution in [2.45, 2.75) is 302 Å². The first-order valence-corrected chi connectivity index (χ1v) is 24.8. The van der Waals surface area contributed by atoms with Gasteiger partial charge >= 0.3 is 0 Å². The van der Waals surface area contributed by atoms with E-state index in [4.69, 9.17) is 0 Å². The highest BCUT2D eigenvalue weighted by Crippen LogP contribution is 2.18. The van der Waals surface area contributed by atoms with Crippen molar-refractivity contribution in [3.05, 3.63) is 0 Å². The summed E-state index contributed by atoms with van der Waals surface area (Å²) in [6.07, 6.45) is 52.4. The molecule has 0 aliphatic rings. The second-order valence-electron chi connectivity index (χ2n) is 17.4. The minimum atomic E-state index is -0.743. The third kappa shape index (κ3) is 41.0. The van der Waals surface area contributed by atoms with Crippen molar-refractivity contribution in [2.24, 2.45) is 0 Å². The smallest absolute Gasteiger partial charge is 0.222 e. The highest BCUT2D eigenvalue weighted by molar-refractivity contribution is 5.76. The Hall–Kier alpha value is -0.650. The largest absolute Gasteiger partial charge is 0.394 e. The molecule has 0 rings (SSSR count). The predicted octanol–water partition coefficient (Wildman–Crippen LogP) is 14.6. The van der Waals surface area contributed by atoms with Gasteiger partial charge in [-0.05, 0) is 12.8 Å². The summed E-state index contributed by atoms with van der Waals surface area (Å²) in [5, 5.41) is 33.4. The lowest BCUT2D eigenvalue weighted by Gasteiger charge is -2.23. The fourth-order valence-electron chi connectivity index (χ4n) is 8.11. The Morgan fingerprint density at radius 3 is 0.889 bits per heavy atom. The molecule has 0 aliphatic carbocycles. The molecule has 1 amide bonds. The molecule has 54 heavy (non-hydrogen) atoms. The average Bonchev–Trinajstić information content (AvgIpc) is 3.16. The third-order valence-electron chi connectivity index (χ3n) is 11.9. The van der Waals surface area contributed by atoms with Crippen molar-refractivity contribution in [1.29, 1.82) is 0 Å². The van der Waals surface area contributed by atoms with Gasteiger partial charge in [-0.25, -0.2) is 0 Å². The monoisotopic (exact) mass is 766 g/mol. The number of aliphatic hydroxyl groups is 3. The lowest BCUT2D eigenvalue weighted by atomic mass is 10.0. The first-order chi connectivity index (χ1) is 26.5. The zero-order valence-corrected chi connectivity index (χ0v) is 36.9. The van der Waals surface area contributed by atoms with Crippen LogP contribution in [0, 0.1) is 0 Å². The summed E-state index contributed by atoms with van der Waals surface area (Å²) < 4.78 is 0. The number of amides is 1. The Morgan fingerprint density at radius 2 is 0.630 bits per heavy atom. The van der Waals surface area contributed by atoms with Gasteiger partial charge in [0.15, 0.2) is 0 Å². The number of hydrogen-bond donors (Lipinski definition) is 4. The molecule has 5 heteroatoms. The van der Waals surface area contributed by atoms with Gasteiger partial charge in [-0.2, -0.15) is 0 Å². The Labute approximate surface area is 338 Å². The molecule has 3 unspecified atom stereocenters. The van der Waals surface area contributed by atoms with Crippen LogP contribution >= 0.6 is 0 Å². The van der Waals surface area contributed by atoms with Crippen molar-refractivity contribution < 1.29 is 20.1 Å². The zero-order chi connectivity index (χ0) is 39.4. The number of aliphatic hydroxyl groups excluding tert-OH is 3. The van der Waals surface area contributed by atoms with Crippen LogP contribution < -0.4 is 5.32 Å². The molecule has 0 aliphatic heterocycles. The molecule has 0 saturated carbocycles. The summed E-state index contributed by atoms with van der Waals surface area (Å²) in [6.45, 7) is 4.28. The van der Waals surface area contributed by atoms with Crippen molar-refractivity contribution in [1.82, 2.24) is 5.32 Å². The van der Waals surface area contributed by atoms with Crippen molar-refractivity contribution in [3.63, 3.8) is 0 Å². The molecule has 0 saturated heterocycles. The maximum absolute atomic E-state index is 12.5. The maximum Gasteiger partial charge on any atom is 0.222 e. The number of nitrogens with one attached hydrogen (secondary N) is 1. The fourth-order valence-corrected chi connectivity index (χ4v) is 8.11. The Balaban J connectivity index is 3.46. The fraction of sp³-hybridized carbons (Fsp3) is 0.980. The van der Waals surface area contributed by atoms with E-state index in [2.05, 4.69) is 19.2 Å². The Kier molecular flexibility index (Phi) is 44.5. The summed E-state index contributed by atoms with van der Waals surface area (Å²) >= 11 is 0. The second-order valence-corrected chi connectivity index (χ2v) is 17.4. The maximum atomic E-state index is 12.5. The highest BCUT2D eigenvalue weighted by atomic mass is 16.3. The first-order valence-electron chi connectivity index (χ1n) is 24.8. The first kappa shape index (κ1) is 53.4. The van der Waals surface area contributed by atoms with Gasteiger partial charge in [-0.15, -0.1) is 0 Å². The molecule has 0 spiro atoms. The van der Waals surface area contributed by atoms with Crippen LogP contribution in [0.3, 0.4) is 0 Å². The van der Waals surface area contributed by atoms with Crippen LogP contribution in [-0.2, 0) is 4.79 Å². The van der Waals surface area contributed by atoms with E-state index < -0.39 is 18.2 Å². The van der Waals surface area contributed by atoms with Crippen LogP contribution in [0.15, 0.2) is 0 Å². The van der Waals surface area contributed by atoms with E-state index in [1.54, 1.807) is 0 Å². The third-order valence-corrected chi connectivity index (χ3v) is 11.9. The van der Waals surface area contributed by atoms with E-state index in [-0.39, 0.29) is 18.9 Å². The van der Waals surface area contributed by atoms with Crippen LogP contribution in [0.5, 0.6) is 0 Å². The van der Waals surface area contributed by atoms with Gasteiger partial charge in [0, 0.05) is 0 Å². The summed E-state index contributed by atoms with van der Waals surface area (Å²) in [4.78, 5) is 12.5. The van der Waals surface area contributed by atoms with Gasteiger partial charge in [-0.1, -0.05) is 264 Å². The Morgan fingerprint density at radius 1 is 0.389 bits per heavy atom. The van der Waals surface area contributed by atoms with Crippen molar-refractivity contribution in [2.75, 3.05) is 6.61 Å². The lowest BCUT2D eigenvalue weighted by Crippen LogP contribution is -2.46. The van der Waals surface area contributed by atoms with Gasteiger partial charge < -0.3 is 20.6 Å². The number of unbranched alkanes of at least 4 members (excludes halogenated alkanes) is 37. The number of hydrogen-bond acceptors (Lipinski definition) is 4. The molecule has 4 N–H and O–H groups in total. The minimum Gasteiger partial charge on any atom is -0.394 e. The van der Waals surface area contributed by atoms with Crippen LogP contribution in [0.1, 0.15) is 284 Å². The minimum absolute atomic E-state index is 0.0430. The molecular formula is C49H99NO4. The molecule has 0 fully saturated rings. The van der Waals surface area contributed by atoms with E-state index in [1.807, 2.05) is 0 Å². The Bertz CT molecular complexity index is 718. The van der Waals surface area contributed by atoms with E-state index >= 15 is 0 Å². The summed E-state index contributed by atoms with van der Waals surface area (Å²) in [7, 11) is 0. The van der Waals surface area contributed by atoms with Gasteiger partial charge in [0.2, 0.25) is 5.91 Å². The molecule has 3 atom stereocenters. The normalized spacial score (nSPS) is 13.4. The quantitative estimate of drug-likeness (QED) is 0.0465. The molecule has 5 nitrogen and oxygen atoms in total. The molecule has 0 heterocycles. The zero-order valence-electron chi connectivity index (χ0n) is 36.9. The molecule has 0 aromatic heterocycles. The molecular weight excluding hydrogens is 667 g/mol. The standard InChI is InChI=1S/C49H99NO4/c1-3-5-7-9-11-13-15-17-18-19-20-21-22-23-24-25-26-27-28-29-30-31-32-34-36-38-40-42-46(52)44-49(54)50-47(45-51)48(53)43-41-39-37-35-33-16-14-12-10-8-6-4-2/h46-48,51-53H,3-45H2,1-2H3,(H,50,54). The van der Waals surface area contributed by atoms with Gasteiger partial charge in [0.05, 0.1) is 31.3 Å². The summed E-state index contributed by atoms with van der Waals surface area (Å²) in [5.41, 5.74) is 0. The topological polar surface area (TPSA) is 89.8 Å².